The highest BCUT2D eigenvalue weighted by atomic mass is 32.2. The fourth-order valence-corrected chi connectivity index (χ4v) is 5.82. The number of nitrogens with zero attached hydrogens (tertiary/aromatic N) is 3. The van der Waals surface area contributed by atoms with Gasteiger partial charge >= 0.3 is 0 Å². The summed E-state index contributed by atoms with van der Waals surface area (Å²) in [5.74, 6) is -0.294. The molecular formula is C28H38N4O8S. The summed E-state index contributed by atoms with van der Waals surface area (Å²) in [7, 11) is -1.28. The molecular weight excluding hydrogens is 552 g/mol. The van der Waals surface area contributed by atoms with E-state index in [0.29, 0.717) is 17.7 Å². The van der Waals surface area contributed by atoms with Crippen molar-refractivity contribution < 1.29 is 32.4 Å². The maximum Gasteiger partial charge on any atom is 0.271 e. The van der Waals surface area contributed by atoms with Crippen LogP contribution in [0.4, 0.5) is 11.4 Å². The van der Waals surface area contributed by atoms with Crippen LogP contribution in [0, 0.1) is 10.1 Å². The van der Waals surface area contributed by atoms with E-state index in [-0.39, 0.29) is 35.6 Å². The van der Waals surface area contributed by atoms with Crippen LogP contribution in [0.2, 0.25) is 0 Å². The van der Waals surface area contributed by atoms with Crippen LogP contribution >= 0.6 is 0 Å². The standard InChI is InChI=1S/C28H38N4O8S/c1-5-24(28(34)29-21-9-7-6-8-10-21)30(18-20-11-14-23(39-2)15-12-20)27(33)19-31(41(4,37)38)25-17-22(32(35)36)13-16-26(25)40-3/h11-17,21,24H,5-10,18-19H2,1-4H3,(H,29,34)/t24-/m0/s1. The molecule has 3 rings (SSSR count). The topological polar surface area (TPSA) is 148 Å². The average Bonchev–Trinajstić information content (AvgIpc) is 2.95. The number of methoxy groups -OCH3 is 2. The molecule has 12 nitrogen and oxygen atoms in total. The number of sulfonamides is 1. The lowest BCUT2D eigenvalue weighted by atomic mass is 9.95. The van der Waals surface area contributed by atoms with Crippen LogP contribution in [0.15, 0.2) is 42.5 Å². The summed E-state index contributed by atoms with van der Waals surface area (Å²) in [5.41, 5.74) is 0.193. The van der Waals surface area contributed by atoms with Crippen molar-refractivity contribution in [1.29, 1.82) is 0 Å². The summed E-state index contributed by atoms with van der Waals surface area (Å²) in [6.45, 7) is 1.13. The Labute approximate surface area is 240 Å². The van der Waals surface area contributed by atoms with Crippen molar-refractivity contribution in [2.45, 2.75) is 64.1 Å². The Kier molecular flexibility index (Phi) is 10.9. The van der Waals surface area contributed by atoms with Crippen LogP contribution in [-0.4, -0.2) is 69.2 Å². The molecule has 1 saturated carbocycles. The van der Waals surface area contributed by atoms with Crippen molar-refractivity contribution in [2.75, 3.05) is 31.3 Å². The summed E-state index contributed by atoms with van der Waals surface area (Å²) < 4.78 is 37.2. The molecule has 0 saturated heterocycles. The van der Waals surface area contributed by atoms with E-state index in [0.717, 1.165) is 48.7 Å². The van der Waals surface area contributed by atoms with Crippen LogP contribution in [-0.2, 0) is 26.2 Å². The highest BCUT2D eigenvalue weighted by Crippen LogP contribution is 2.34. The van der Waals surface area contributed by atoms with E-state index < -0.39 is 33.4 Å². The predicted octanol–water partition coefficient (Wildman–Crippen LogP) is 3.63. The number of ether oxygens (including phenoxy) is 2. The van der Waals surface area contributed by atoms with Gasteiger partial charge in [0.2, 0.25) is 21.8 Å². The summed E-state index contributed by atoms with van der Waals surface area (Å²) in [4.78, 5) is 39.6. The smallest absolute Gasteiger partial charge is 0.271 e. The van der Waals surface area contributed by atoms with Gasteiger partial charge in [-0.2, -0.15) is 0 Å². The van der Waals surface area contributed by atoms with Gasteiger partial charge in [-0.3, -0.25) is 24.0 Å². The summed E-state index contributed by atoms with van der Waals surface area (Å²) in [6, 6.07) is 9.65. The fourth-order valence-electron chi connectivity index (χ4n) is 4.97. The second-order valence-electron chi connectivity index (χ2n) is 10.0. The van der Waals surface area contributed by atoms with Crippen LogP contribution in [0.1, 0.15) is 51.0 Å². The molecule has 0 aliphatic heterocycles. The zero-order chi connectivity index (χ0) is 30.2. The number of hydrogen-bond acceptors (Lipinski definition) is 8. The minimum absolute atomic E-state index is 0.0184. The second-order valence-corrected chi connectivity index (χ2v) is 11.9. The molecule has 0 heterocycles. The van der Waals surface area contributed by atoms with E-state index in [9.17, 15) is 28.1 Å². The van der Waals surface area contributed by atoms with Crippen LogP contribution in [0.3, 0.4) is 0 Å². The van der Waals surface area contributed by atoms with Gasteiger partial charge in [-0.15, -0.1) is 0 Å². The lowest BCUT2D eigenvalue weighted by Crippen LogP contribution is -2.54. The third kappa shape index (κ3) is 8.32. The number of benzene rings is 2. The Hall–Kier alpha value is -3.87. The number of amides is 2. The Morgan fingerprint density at radius 2 is 1.73 bits per heavy atom. The molecule has 2 aromatic rings. The molecule has 1 aliphatic carbocycles. The van der Waals surface area contributed by atoms with Gasteiger partial charge in [-0.25, -0.2) is 8.42 Å². The Morgan fingerprint density at radius 3 is 2.27 bits per heavy atom. The van der Waals surface area contributed by atoms with E-state index >= 15 is 0 Å². The molecule has 224 valence electrons. The normalized spacial score (nSPS) is 14.5. The molecule has 0 radical (unpaired) electrons. The van der Waals surface area contributed by atoms with Gasteiger partial charge < -0.3 is 19.7 Å². The number of nitrogens with one attached hydrogen (secondary N) is 1. The van der Waals surface area contributed by atoms with E-state index in [1.807, 2.05) is 0 Å². The van der Waals surface area contributed by atoms with E-state index in [4.69, 9.17) is 9.47 Å². The molecule has 0 unspecified atom stereocenters. The number of carbonyl (C=O) groups excluding carboxylic acids is 2. The zero-order valence-electron chi connectivity index (χ0n) is 23.9. The molecule has 1 N–H and O–H groups in total. The third-order valence-electron chi connectivity index (χ3n) is 7.17. The molecule has 13 heteroatoms. The molecule has 1 fully saturated rings. The van der Waals surface area contributed by atoms with Crippen molar-refractivity contribution in [3.05, 3.63) is 58.1 Å². The van der Waals surface area contributed by atoms with Gasteiger partial charge in [-0.05, 0) is 43.0 Å². The third-order valence-corrected chi connectivity index (χ3v) is 8.30. The first-order valence-electron chi connectivity index (χ1n) is 13.5. The molecule has 2 aromatic carbocycles. The van der Waals surface area contributed by atoms with E-state index in [1.165, 1.54) is 31.3 Å². The average molecular weight is 591 g/mol. The van der Waals surface area contributed by atoms with Crippen molar-refractivity contribution in [1.82, 2.24) is 10.2 Å². The molecule has 0 bridgehead atoms. The highest BCUT2D eigenvalue weighted by Gasteiger charge is 2.34. The lowest BCUT2D eigenvalue weighted by Gasteiger charge is -2.34. The van der Waals surface area contributed by atoms with Crippen molar-refractivity contribution in [3.8, 4) is 11.5 Å². The first-order valence-corrected chi connectivity index (χ1v) is 15.4. The highest BCUT2D eigenvalue weighted by molar-refractivity contribution is 7.92. The molecule has 2 amide bonds. The SMILES string of the molecule is CC[C@@H](C(=O)NC1CCCCC1)N(Cc1ccc(OC)cc1)C(=O)CN(c1cc([N+](=O)[O-])ccc1OC)S(C)(=O)=O. The summed E-state index contributed by atoms with van der Waals surface area (Å²) in [6.07, 6.45) is 6.08. The van der Waals surface area contributed by atoms with Crippen molar-refractivity contribution in [3.63, 3.8) is 0 Å². The predicted molar refractivity (Wildman–Crippen MR) is 154 cm³/mol. The molecule has 0 aromatic heterocycles. The first-order chi connectivity index (χ1) is 19.5. The van der Waals surface area contributed by atoms with Gasteiger partial charge in [0.15, 0.2) is 0 Å². The second kappa shape index (κ2) is 14.2. The number of nitro benzene ring substituents is 1. The lowest BCUT2D eigenvalue weighted by molar-refractivity contribution is -0.384. The monoisotopic (exact) mass is 590 g/mol. The Morgan fingerprint density at radius 1 is 1.07 bits per heavy atom. The number of non-ortho nitro benzene ring substituents is 1. The quantitative estimate of drug-likeness (QED) is 0.275. The number of carbonyl (C=O) groups is 2. The number of nitro groups is 1. The maximum atomic E-state index is 14.0. The fraction of sp³-hybridized carbons (Fsp3) is 0.500. The zero-order valence-corrected chi connectivity index (χ0v) is 24.7. The molecule has 1 atom stereocenters. The number of anilines is 1. The molecule has 0 spiro atoms. The minimum atomic E-state index is -4.11. The van der Waals surface area contributed by atoms with Gasteiger partial charge in [0, 0.05) is 24.7 Å². The van der Waals surface area contributed by atoms with Crippen molar-refractivity contribution >= 4 is 33.2 Å². The largest absolute Gasteiger partial charge is 0.497 e. The Bertz CT molecular complexity index is 1330. The molecule has 41 heavy (non-hydrogen) atoms. The first kappa shape index (κ1) is 31.7. The molecule has 1 aliphatic rings. The van der Waals surface area contributed by atoms with Crippen molar-refractivity contribution in [2.24, 2.45) is 0 Å². The maximum absolute atomic E-state index is 14.0. The van der Waals surface area contributed by atoms with Crippen LogP contribution in [0.25, 0.3) is 0 Å². The van der Waals surface area contributed by atoms with Gasteiger partial charge in [0.1, 0.15) is 29.8 Å². The van der Waals surface area contributed by atoms with Gasteiger partial charge in [0.25, 0.3) is 5.69 Å². The van der Waals surface area contributed by atoms with Gasteiger partial charge in [-0.1, -0.05) is 38.3 Å². The van der Waals surface area contributed by atoms with E-state index in [2.05, 4.69) is 5.32 Å². The number of hydrogen-bond donors (Lipinski definition) is 1. The summed E-state index contributed by atoms with van der Waals surface area (Å²) >= 11 is 0. The van der Waals surface area contributed by atoms with E-state index in [1.54, 1.807) is 31.2 Å². The van der Waals surface area contributed by atoms with Gasteiger partial charge in [0.05, 0.1) is 25.4 Å². The minimum Gasteiger partial charge on any atom is -0.497 e. The van der Waals surface area contributed by atoms with Crippen LogP contribution < -0.4 is 19.1 Å². The Balaban J connectivity index is 1.99. The van der Waals surface area contributed by atoms with Crippen LogP contribution in [0.5, 0.6) is 11.5 Å². The summed E-state index contributed by atoms with van der Waals surface area (Å²) in [5, 5.41) is 14.5. The number of rotatable bonds is 13.